The lowest BCUT2D eigenvalue weighted by Crippen LogP contribution is -2.40. The Bertz CT molecular complexity index is 478. The minimum atomic E-state index is -0.0363. The van der Waals surface area contributed by atoms with Crippen LogP contribution in [0.1, 0.15) is 19.4 Å². The predicted molar refractivity (Wildman–Crippen MR) is 92.4 cm³/mol. The van der Waals surface area contributed by atoms with E-state index in [1.807, 2.05) is 31.0 Å². The van der Waals surface area contributed by atoms with Gasteiger partial charge in [0.2, 0.25) is 5.91 Å². The zero-order valence-electron chi connectivity index (χ0n) is 13.1. The van der Waals surface area contributed by atoms with Gasteiger partial charge in [0, 0.05) is 17.3 Å². The van der Waals surface area contributed by atoms with Gasteiger partial charge in [0.25, 0.3) is 0 Å². The molecule has 120 valence electrons. The number of rotatable bonds is 6. The summed E-state index contributed by atoms with van der Waals surface area (Å²) in [5.41, 5.74) is 7.46. The number of nitrogens with two attached hydrogens (primary N) is 1. The number of nitrogens with zero attached hydrogens (tertiary/aromatic N) is 1. The number of carbonyl (C=O) groups excluding carboxylic acids is 1. The fraction of sp³-hybridized carbons (Fsp3) is 0.533. The normalized spacial score (nSPS) is 11.2. The molecule has 0 saturated heterocycles. The van der Waals surface area contributed by atoms with Gasteiger partial charge in [0.05, 0.1) is 6.54 Å². The lowest BCUT2D eigenvalue weighted by molar-refractivity contribution is -0.117. The van der Waals surface area contributed by atoms with Crippen molar-refractivity contribution in [1.82, 2.24) is 4.90 Å². The van der Waals surface area contributed by atoms with Crippen molar-refractivity contribution in [2.24, 2.45) is 11.1 Å². The molecule has 0 aliphatic carbocycles. The molecule has 1 aromatic carbocycles. The Balaban J connectivity index is 0.00000400. The molecule has 0 unspecified atom stereocenters. The number of halogens is 2. The third kappa shape index (κ3) is 7.14. The maximum absolute atomic E-state index is 12.0. The first-order valence-corrected chi connectivity index (χ1v) is 7.06. The van der Waals surface area contributed by atoms with Crippen molar-refractivity contribution < 1.29 is 4.79 Å². The fourth-order valence-electron chi connectivity index (χ4n) is 2.05. The van der Waals surface area contributed by atoms with Gasteiger partial charge in [0.15, 0.2) is 0 Å². The third-order valence-corrected chi connectivity index (χ3v) is 3.36. The average Bonchev–Trinajstić information content (AvgIpc) is 2.32. The van der Waals surface area contributed by atoms with E-state index in [4.69, 9.17) is 17.3 Å². The van der Waals surface area contributed by atoms with Crippen molar-refractivity contribution in [3.63, 3.8) is 0 Å². The van der Waals surface area contributed by atoms with Crippen LogP contribution in [0, 0.1) is 12.3 Å². The van der Waals surface area contributed by atoms with Crippen molar-refractivity contribution in [1.29, 1.82) is 0 Å². The van der Waals surface area contributed by atoms with Gasteiger partial charge in [-0.1, -0.05) is 25.4 Å². The number of likely N-dealkylation sites (N-methyl/N-ethyl adjacent to an activating group) is 1. The van der Waals surface area contributed by atoms with Crippen LogP contribution in [-0.4, -0.2) is 37.5 Å². The molecule has 3 N–H and O–H groups in total. The Morgan fingerprint density at radius 1 is 1.43 bits per heavy atom. The second-order valence-electron chi connectivity index (χ2n) is 6.05. The molecule has 0 fully saturated rings. The van der Waals surface area contributed by atoms with E-state index >= 15 is 0 Å². The van der Waals surface area contributed by atoms with E-state index < -0.39 is 0 Å². The molecule has 0 radical (unpaired) electrons. The lowest BCUT2D eigenvalue weighted by atomic mass is 9.93. The molecule has 0 aromatic heterocycles. The first-order valence-electron chi connectivity index (χ1n) is 6.68. The monoisotopic (exact) mass is 333 g/mol. The smallest absolute Gasteiger partial charge is 0.238 e. The summed E-state index contributed by atoms with van der Waals surface area (Å²) in [6.45, 7) is 7.80. The number of hydrogen-bond acceptors (Lipinski definition) is 3. The predicted octanol–water partition coefficient (Wildman–Crippen LogP) is 2.93. The van der Waals surface area contributed by atoms with Gasteiger partial charge < -0.3 is 11.1 Å². The second kappa shape index (κ2) is 8.59. The first kappa shape index (κ1) is 20.2. The number of carbonyl (C=O) groups is 1. The van der Waals surface area contributed by atoms with Crippen LogP contribution in [0.25, 0.3) is 0 Å². The Hall–Kier alpha value is -0.810. The fourth-order valence-corrected chi connectivity index (χ4v) is 2.28. The van der Waals surface area contributed by atoms with Gasteiger partial charge in [-0.25, -0.2) is 0 Å². The maximum Gasteiger partial charge on any atom is 0.238 e. The van der Waals surface area contributed by atoms with E-state index in [0.29, 0.717) is 18.1 Å². The van der Waals surface area contributed by atoms with E-state index in [1.54, 1.807) is 6.07 Å². The molecular formula is C15H25Cl2N3O. The number of amides is 1. The van der Waals surface area contributed by atoms with Crippen molar-refractivity contribution in [3.8, 4) is 0 Å². The summed E-state index contributed by atoms with van der Waals surface area (Å²) in [6.07, 6.45) is 0. The number of nitrogens with one attached hydrogen (secondary N) is 1. The Kier molecular flexibility index (Phi) is 8.26. The van der Waals surface area contributed by atoms with E-state index in [1.165, 1.54) is 0 Å². The van der Waals surface area contributed by atoms with Crippen LogP contribution in [0.4, 0.5) is 5.69 Å². The molecule has 0 saturated carbocycles. The quantitative estimate of drug-likeness (QED) is 0.841. The molecule has 0 spiro atoms. The standard InChI is InChI=1S/C15H24ClN3O.ClH/c1-11-7-12(16)5-6-13(11)18-14(20)8-19(4)10-15(2,3)9-17;/h5-7H,8-10,17H2,1-4H3,(H,18,20);1H. The van der Waals surface area contributed by atoms with Crippen molar-refractivity contribution in [3.05, 3.63) is 28.8 Å². The second-order valence-corrected chi connectivity index (χ2v) is 6.48. The van der Waals surface area contributed by atoms with Crippen LogP contribution in [-0.2, 0) is 4.79 Å². The highest BCUT2D eigenvalue weighted by molar-refractivity contribution is 6.30. The topological polar surface area (TPSA) is 58.4 Å². The highest BCUT2D eigenvalue weighted by Gasteiger charge is 2.19. The number of benzene rings is 1. The summed E-state index contributed by atoms with van der Waals surface area (Å²) < 4.78 is 0. The molecule has 0 aliphatic heterocycles. The third-order valence-electron chi connectivity index (χ3n) is 3.13. The minimum Gasteiger partial charge on any atom is -0.330 e. The Morgan fingerprint density at radius 2 is 2.05 bits per heavy atom. The average molecular weight is 334 g/mol. The Labute approximate surface area is 138 Å². The summed E-state index contributed by atoms with van der Waals surface area (Å²) in [4.78, 5) is 14.0. The molecule has 0 atom stereocenters. The Morgan fingerprint density at radius 3 is 2.57 bits per heavy atom. The van der Waals surface area contributed by atoms with Crippen LogP contribution in [0.5, 0.6) is 0 Å². The SMILES string of the molecule is Cc1cc(Cl)ccc1NC(=O)CN(C)CC(C)(C)CN.Cl. The van der Waals surface area contributed by atoms with E-state index in [0.717, 1.165) is 17.8 Å². The summed E-state index contributed by atoms with van der Waals surface area (Å²) in [5.74, 6) is -0.0363. The molecule has 6 heteroatoms. The van der Waals surface area contributed by atoms with Gasteiger partial charge in [-0.3, -0.25) is 9.69 Å². The molecule has 21 heavy (non-hydrogen) atoms. The van der Waals surface area contributed by atoms with Gasteiger partial charge in [-0.05, 0) is 49.7 Å². The number of aryl methyl sites for hydroxylation is 1. The molecule has 0 heterocycles. The van der Waals surface area contributed by atoms with Crippen LogP contribution >= 0.6 is 24.0 Å². The molecule has 1 rings (SSSR count). The summed E-state index contributed by atoms with van der Waals surface area (Å²) >= 11 is 5.89. The van der Waals surface area contributed by atoms with Crippen molar-refractivity contribution in [2.75, 3.05) is 32.0 Å². The number of anilines is 1. The lowest BCUT2D eigenvalue weighted by Gasteiger charge is -2.28. The molecule has 0 aliphatic rings. The summed E-state index contributed by atoms with van der Waals surface area (Å²) in [6, 6.07) is 5.42. The molecule has 1 aromatic rings. The van der Waals surface area contributed by atoms with Crippen LogP contribution < -0.4 is 11.1 Å². The zero-order valence-corrected chi connectivity index (χ0v) is 14.6. The maximum atomic E-state index is 12.0. The molecule has 0 bridgehead atoms. The number of hydrogen-bond donors (Lipinski definition) is 2. The van der Waals surface area contributed by atoms with E-state index in [-0.39, 0.29) is 23.7 Å². The van der Waals surface area contributed by atoms with Gasteiger partial charge in [-0.2, -0.15) is 0 Å². The highest BCUT2D eigenvalue weighted by atomic mass is 35.5. The zero-order chi connectivity index (χ0) is 15.3. The van der Waals surface area contributed by atoms with Crippen LogP contribution in [0.3, 0.4) is 0 Å². The van der Waals surface area contributed by atoms with Gasteiger partial charge in [-0.15, -0.1) is 12.4 Å². The van der Waals surface area contributed by atoms with Crippen molar-refractivity contribution >= 4 is 35.6 Å². The highest BCUT2D eigenvalue weighted by Crippen LogP contribution is 2.19. The first-order chi connectivity index (χ1) is 9.23. The van der Waals surface area contributed by atoms with Crippen LogP contribution in [0.15, 0.2) is 18.2 Å². The van der Waals surface area contributed by atoms with E-state index in [2.05, 4.69) is 19.2 Å². The summed E-state index contributed by atoms with van der Waals surface area (Å²) in [5, 5.41) is 3.57. The molecule has 4 nitrogen and oxygen atoms in total. The minimum absolute atomic E-state index is 0. The molecule has 1 amide bonds. The summed E-state index contributed by atoms with van der Waals surface area (Å²) in [7, 11) is 1.92. The van der Waals surface area contributed by atoms with Gasteiger partial charge in [0.1, 0.15) is 0 Å². The van der Waals surface area contributed by atoms with E-state index in [9.17, 15) is 4.79 Å². The molecular weight excluding hydrogens is 309 g/mol. The van der Waals surface area contributed by atoms with Gasteiger partial charge >= 0.3 is 0 Å². The van der Waals surface area contributed by atoms with Crippen molar-refractivity contribution in [2.45, 2.75) is 20.8 Å². The van der Waals surface area contributed by atoms with Crippen LogP contribution in [0.2, 0.25) is 5.02 Å². The largest absolute Gasteiger partial charge is 0.330 e.